The Morgan fingerprint density at radius 1 is 1.16 bits per heavy atom. The second-order valence-corrected chi connectivity index (χ2v) is 7.46. The van der Waals surface area contributed by atoms with Crippen LogP contribution in [0.4, 0.5) is 5.69 Å². The minimum atomic E-state index is -3.64. The normalized spacial score (nSPS) is 11.1. The second kappa shape index (κ2) is 8.84. The molecule has 6 nitrogen and oxygen atoms in total. The van der Waals surface area contributed by atoms with E-state index in [2.05, 4.69) is 10.0 Å². The van der Waals surface area contributed by atoms with Crippen LogP contribution in [0.2, 0.25) is 5.02 Å². The zero-order chi connectivity index (χ0) is 18.3. The van der Waals surface area contributed by atoms with Gasteiger partial charge in [-0.1, -0.05) is 23.7 Å². The van der Waals surface area contributed by atoms with E-state index < -0.39 is 15.9 Å². The number of benzene rings is 2. The Morgan fingerprint density at radius 2 is 1.88 bits per heavy atom. The number of rotatable bonds is 8. The van der Waals surface area contributed by atoms with Gasteiger partial charge in [0.25, 0.3) is 0 Å². The van der Waals surface area contributed by atoms with Crippen molar-refractivity contribution in [1.29, 1.82) is 0 Å². The van der Waals surface area contributed by atoms with Crippen molar-refractivity contribution in [2.75, 3.05) is 18.5 Å². The zero-order valence-corrected chi connectivity index (χ0v) is 15.2. The van der Waals surface area contributed by atoms with E-state index in [9.17, 15) is 13.2 Å². The van der Waals surface area contributed by atoms with Crippen LogP contribution in [0.15, 0.2) is 48.5 Å². The summed E-state index contributed by atoms with van der Waals surface area (Å²) in [5.41, 5.74) is 1.11. The molecule has 134 valence electrons. The van der Waals surface area contributed by atoms with E-state index in [0.29, 0.717) is 28.6 Å². The van der Waals surface area contributed by atoms with Crippen LogP contribution in [-0.2, 0) is 20.6 Å². The van der Waals surface area contributed by atoms with Gasteiger partial charge >= 0.3 is 0 Å². The maximum atomic E-state index is 12.0. The van der Waals surface area contributed by atoms with Gasteiger partial charge in [-0.2, -0.15) is 0 Å². The van der Waals surface area contributed by atoms with Crippen LogP contribution >= 0.6 is 11.6 Å². The van der Waals surface area contributed by atoms with Crippen LogP contribution < -0.4 is 14.8 Å². The molecule has 0 unspecified atom stereocenters. The van der Waals surface area contributed by atoms with Crippen molar-refractivity contribution in [3.05, 3.63) is 59.1 Å². The number of halogens is 1. The minimum absolute atomic E-state index is 0.246. The molecular formula is C17H19ClN2O4S. The summed E-state index contributed by atoms with van der Waals surface area (Å²) >= 11 is 5.83. The van der Waals surface area contributed by atoms with Crippen molar-refractivity contribution >= 4 is 33.2 Å². The molecule has 2 N–H and O–H groups in total. The lowest BCUT2D eigenvalue weighted by Gasteiger charge is -2.09. The second-order valence-electron chi connectivity index (χ2n) is 5.22. The molecule has 0 saturated carbocycles. The molecule has 0 saturated heterocycles. The van der Waals surface area contributed by atoms with Crippen molar-refractivity contribution in [3.8, 4) is 5.75 Å². The summed E-state index contributed by atoms with van der Waals surface area (Å²) < 4.78 is 31.6. The predicted molar refractivity (Wildman–Crippen MR) is 98.3 cm³/mol. The number of amides is 1. The molecule has 1 amide bonds. The third kappa shape index (κ3) is 6.74. The summed E-state index contributed by atoms with van der Waals surface area (Å²) in [5, 5.41) is 3.07. The van der Waals surface area contributed by atoms with Crippen molar-refractivity contribution < 1.29 is 17.9 Å². The van der Waals surface area contributed by atoms with Gasteiger partial charge in [-0.15, -0.1) is 0 Å². The molecule has 2 aromatic rings. The van der Waals surface area contributed by atoms with E-state index in [1.54, 1.807) is 48.5 Å². The van der Waals surface area contributed by atoms with Crippen LogP contribution in [0.1, 0.15) is 12.5 Å². The molecule has 8 heteroatoms. The van der Waals surface area contributed by atoms with Gasteiger partial charge in [-0.25, -0.2) is 13.1 Å². The van der Waals surface area contributed by atoms with E-state index in [-0.39, 0.29) is 12.3 Å². The summed E-state index contributed by atoms with van der Waals surface area (Å²) in [5.74, 6) is -0.00859. The van der Waals surface area contributed by atoms with Crippen molar-refractivity contribution in [1.82, 2.24) is 4.72 Å². The van der Waals surface area contributed by atoms with Crippen molar-refractivity contribution in [2.45, 2.75) is 12.7 Å². The van der Waals surface area contributed by atoms with Gasteiger partial charge in [0.05, 0.1) is 18.9 Å². The fourth-order valence-corrected chi connectivity index (χ4v) is 3.36. The van der Waals surface area contributed by atoms with E-state index in [1.807, 2.05) is 6.92 Å². The van der Waals surface area contributed by atoms with Gasteiger partial charge in [0.2, 0.25) is 15.9 Å². The lowest BCUT2D eigenvalue weighted by Crippen LogP contribution is -2.33. The molecule has 0 aromatic heterocycles. The quantitative estimate of drug-likeness (QED) is 0.735. The molecule has 0 heterocycles. The third-order valence-corrected chi connectivity index (χ3v) is 4.68. The molecule has 0 radical (unpaired) electrons. The monoisotopic (exact) mass is 382 g/mol. The summed E-state index contributed by atoms with van der Waals surface area (Å²) in [6.07, 6.45) is 0. The zero-order valence-electron chi connectivity index (χ0n) is 13.7. The maximum Gasteiger partial charge on any atom is 0.239 e. The summed E-state index contributed by atoms with van der Waals surface area (Å²) in [7, 11) is -3.64. The first kappa shape index (κ1) is 19.2. The number of nitrogens with one attached hydrogen (secondary N) is 2. The van der Waals surface area contributed by atoms with E-state index in [0.717, 1.165) is 0 Å². The highest BCUT2D eigenvalue weighted by Gasteiger charge is 2.14. The molecule has 0 aliphatic carbocycles. The Hall–Kier alpha value is -2.09. The molecule has 25 heavy (non-hydrogen) atoms. The van der Waals surface area contributed by atoms with Crippen LogP contribution in [0, 0.1) is 0 Å². The highest BCUT2D eigenvalue weighted by Crippen LogP contribution is 2.15. The van der Waals surface area contributed by atoms with Gasteiger partial charge in [-0.05, 0) is 48.9 Å². The molecule has 0 bridgehead atoms. The Bertz CT molecular complexity index is 823. The highest BCUT2D eigenvalue weighted by atomic mass is 35.5. The smallest absolute Gasteiger partial charge is 0.239 e. The number of anilines is 1. The Morgan fingerprint density at radius 3 is 2.52 bits per heavy atom. The van der Waals surface area contributed by atoms with Crippen molar-refractivity contribution in [3.63, 3.8) is 0 Å². The number of ether oxygens (including phenoxy) is 1. The largest absolute Gasteiger partial charge is 0.494 e. The van der Waals surface area contributed by atoms with Crippen LogP contribution in [-0.4, -0.2) is 27.5 Å². The van der Waals surface area contributed by atoms with Gasteiger partial charge in [-0.3, -0.25) is 4.79 Å². The standard InChI is InChI=1S/C17H19ClN2O4S/c1-2-24-16-8-6-15(7-9-16)20-17(21)11-19-25(22,23)12-13-4-3-5-14(18)10-13/h3-10,19H,2,11-12H2,1H3,(H,20,21). The molecule has 0 aliphatic rings. The number of hydrogen-bond donors (Lipinski definition) is 2. The van der Waals surface area contributed by atoms with E-state index in [1.165, 1.54) is 0 Å². The summed E-state index contributed by atoms with van der Waals surface area (Å²) in [4.78, 5) is 11.9. The van der Waals surface area contributed by atoms with E-state index in [4.69, 9.17) is 16.3 Å². The molecular weight excluding hydrogens is 364 g/mol. The predicted octanol–water partition coefficient (Wildman–Crippen LogP) is 2.80. The molecule has 0 spiro atoms. The van der Waals surface area contributed by atoms with Gasteiger partial charge in [0, 0.05) is 10.7 Å². The molecule has 2 rings (SSSR count). The summed E-state index contributed by atoms with van der Waals surface area (Å²) in [6, 6.07) is 13.4. The van der Waals surface area contributed by atoms with E-state index >= 15 is 0 Å². The molecule has 0 atom stereocenters. The first-order valence-electron chi connectivity index (χ1n) is 7.62. The van der Waals surface area contributed by atoms with Crippen molar-refractivity contribution in [2.24, 2.45) is 0 Å². The number of carbonyl (C=O) groups is 1. The average Bonchev–Trinajstić information content (AvgIpc) is 2.55. The SMILES string of the molecule is CCOc1ccc(NC(=O)CNS(=O)(=O)Cc2cccc(Cl)c2)cc1. The van der Waals surface area contributed by atoms with Crippen LogP contribution in [0.25, 0.3) is 0 Å². The summed E-state index contributed by atoms with van der Waals surface area (Å²) in [6.45, 7) is 2.08. The van der Waals surface area contributed by atoms with Gasteiger partial charge < -0.3 is 10.1 Å². The third-order valence-electron chi connectivity index (χ3n) is 3.15. The number of sulfonamides is 1. The Balaban J connectivity index is 1.85. The van der Waals surface area contributed by atoms with Crippen LogP contribution in [0.3, 0.4) is 0 Å². The Kier molecular flexibility index (Phi) is 6.81. The Labute approximate surface area is 152 Å². The van der Waals surface area contributed by atoms with Gasteiger partial charge in [0.15, 0.2) is 0 Å². The molecule has 0 aliphatic heterocycles. The van der Waals surface area contributed by atoms with Gasteiger partial charge in [0.1, 0.15) is 5.75 Å². The minimum Gasteiger partial charge on any atom is -0.494 e. The van der Waals surface area contributed by atoms with Crippen LogP contribution in [0.5, 0.6) is 5.75 Å². The fourth-order valence-electron chi connectivity index (χ4n) is 2.08. The average molecular weight is 383 g/mol. The lowest BCUT2D eigenvalue weighted by atomic mass is 10.2. The first-order valence-corrected chi connectivity index (χ1v) is 9.65. The highest BCUT2D eigenvalue weighted by molar-refractivity contribution is 7.88. The lowest BCUT2D eigenvalue weighted by molar-refractivity contribution is -0.115. The number of carbonyl (C=O) groups excluding carboxylic acids is 1. The maximum absolute atomic E-state index is 12.0. The topological polar surface area (TPSA) is 84.5 Å². The molecule has 2 aromatic carbocycles. The number of hydrogen-bond acceptors (Lipinski definition) is 4. The first-order chi connectivity index (χ1) is 11.9. The fraction of sp³-hybridized carbons (Fsp3) is 0.235. The molecule has 0 fully saturated rings.